The van der Waals surface area contributed by atoms with Crippen LogP contribution >= 0.6 is 0 Å². The number of fused-ring (bicyclic) bond motifs is 1. The van der Waals surface area contributed by atoms with Crippen molar-refractivity contribution in [2.45, 2.75) is 38.1 Å². The minimum Gasteiger partial charge on any atom is -0.463 e. The first-order chi connectivity index (χ1) is 8.31. The van der Waals surface area contributed by atoms with Gasteiger partial charge in [0.15, 0.2) is 0 Å². The summed E-state index contributed by atoms with van der Waals surface area (Å²) in [4.78, 5) is 13.0. The Morgan fingerprint density at radius 2 is 2.06 bits per heavy atom. The van der Waals surface area contributed by atoms with E-state index < -0.39 is 0 Å². The van der Waals surface area contributed by atoms with E-state index in [1.807, 2.05) is 0 Å². The van der Waals surface area contributed by atoms with E-state index in [1.165, 1.54) is 52.3 Å². The molecule has 0 aromatic rings. The van der Waals surface area contributed by atoms with Crippen molar-refractivity contribution < 1.29 is 19.2 Å². The highest BCUT2D eigenvalue weighted by atomic mass is 16.6. The van der Waals surface area contributed by atoms with E-state index in [0.717, 1.165) is 6.04 Å². The number of hydrogen-bond acceptors (Lipinski definition) is 3. The fourth-order valence-electron chi connectivity index (χ4n) is 3.34. The Labute approximate surface area is 103 Å². The number of hydrogen-bond donors (Lipinski definition) is 1. The van der Waals surface area contributed by atoms with Gasteiger partial charge in [0.05, 0.1) is 25.7 Å². The standard InChI is InChI=1S/C13H23NO3/c1-16-10-13(15)17-9-11-5-4-8-14-7-3-2-6-12(11)14/h11-12H,2-10H2,1H3/p+1/t11-,12-/m0/s1. The highest BCUT2D eigenvalue weighted by molar-refractivity contribution is 5.70. The van der Waals surface area contributed by atoms with Gasteiger partial charge >= 0.3 is 5.97 Å². The SMILES string of the molecule is COCC(=O)OC[C@@H]1CCC[NH+]2CCCC[C@@H]12. The third kappa shape index (κ3) is 3.42. The molecule has 98 valence electrons. The second-order valence-corrected chi connectivity index (χ2v) is 5.28. The molecule has 0 aliphatic carbocycles. The lowest BCUT2D eigenvalue weighted by molar-refractivity contribution is -0.940. The molecule has 17 heavy (non-hydrogen) atoms. The minimum absolute atomic E-state index is 0.0773. The lowest BCUT2D eigenvalue weighted by Gasteiger charge is -2.40. The first kappa shape index (κ1) is 12.8. The van der Waals surface area contributed by atoms with Gasteiger partial charge in [0.25, 0.3) is 0 Å². The Balaban J connectivity index is 1.80. The molecule has 3 atom stereocenters. The van der Waals surface area contributed by atoms with Crippen LogP contribution in [0.4, 0.5) is 0 Å². The molecule has 0 bridgehead atoms. The zero-order valence-electron chi connectivity index (χ0n) is 10.7. The summed E-state index contributed by atoms with van der Waals surface area (Å²) in [5.41, 5.74) is 0. The smallest absolute Gasteiger partial charge is 0.332 e. The number of carbonyl (C=O) groups is 1. The summed E-state index contributed by atoms with van der Waals surface area (Å²) in [7, 11) is 1.52. The molecule has 4 nitrogen and oxygen atoms in total. The molecule has 0 radical (unpaired) electrons. The van der Waals surface area contributed by atoms with E-state index in [2.05, 4.69) is 0 Å². The molecule has 1 N–H and O–H groups in total. The maximum atomic E-state index is 11.3. The molecular formula is C13H24NO3+. The van der Waals surface area contributed by atoms with Gasteiger partial charge in [-0.3, -0.25) is 0 Å². The molecule has 0 spiro atoms. The largest absolute Gasteiger partial charge is 0.463 e. The number of methoxy groups -OCH3 is 1. The lowest BCUT2D eigenvalue weighted by Crippen LogP contribution is -3.18. The predicted molar refractivity (Wildman–Crippen MR) is 63.9 cm³/mol. The van der Waals surface area contributed by atoms with Crippen LogP contribution in [0.3, 0.4) is 0 Å². The number of quaternary nitrogens is 1. The van der Waals surface area contributed by atoms with Gasteiger partial charge in [-0.05, 0) is 32.1 Å². The Kier molecular flexibility index (Phi) is 4.80. The van der Waals surface area contributed by atoms with Crippen LogP contribution in [0, 0.1) is 5.92 Å². The lowest BCUT2D eigenvalue weighted by atomic mass is 9.84. The first-order valence-electron chi connectivity index (χ1n) is 6.80. The molecule has 0 aromatic carbocycles. The zero-order valence-corrected chi connectivity index (χ0v) is 10.7. The van der Waals surface area contributed by atoms with Gasteiger partial charge in [-0.25, -0.2) is 4.79 Å². The van der Waals surface area contributed by atoms with Crippen molar-refractivity contribution in [3.05, 3.63) is 0 Å². The molecule has 0 amide bonds. The quantitative estimate of drug-likeness (QED) is 0.707. The van der Waals surface area contributed by atoms with Crippen LogP contribution in [0.15, 0.2) is 0 Å². The van der Waals surface area contributed by atoms with Crippen LogP contribution in [-0.2, 0) is 14.3 Å². The van der Waals surface area contributed by atoms with Gasteiger partial charge in [0.1, 0.15) is 6.61 Å². The second-order valence-electron chi connectivity index (χ2n) is 5.28. The molecule has 4 heteroatoms. The highest BCUT2D eigenvalue weighted by Crippen LogP contribution is 2.20. The Hall–Kier alpha value is -0.610. The van der Waals surface area contributed by atoms with Gasteiger partial charge < -0.3 is 14.4 Å². The molecule has 0 aromatic heterocycles. The van der Waals surface area contributed by atoms with Crippen molar-refractivity contribution in [1.29, 1.82) is 0 Å². The van der Waals surface area contributed by atoms with Crippen molar-refractivity contribution in [1.82, 2.24) is 0 Å². The normalized spacial score (nSPS) is 32.9. The number of nitrogens with one attached hydrogen (secondary N) is 1. The second kappa shape index (κ2) is 6.36. The number of ether oxygens (including phenoxy) is 2. The van der Waals surface area contributed by atoms with Gasteiger partial charge in [-0.15, -0.1) is 0 Å². The van der Waals surface area contributed by atoms with E-state index in [4.69, 9.17) is 9.47 Å². The summed E-state index contributed by atoms with van der Waals surface area (Å²) in [6.45, 7) is 3.30. The van der Waals surface area contributed by atoms with Crippen molar-refractivity contribution >= 4 is 5.97 Å². The number of carbonyl (C=O) groups excluding carboxylic acids is 1. The fourth-order valence-corrected chi connectivity index (χ4v) is 3.34. The number of esters is 1. The molecule has 1 unspecified atom stereocenters. The molecule has 2 aliphatic rings. The molecular weight excluding hydrogens is 218 g/mol. The Bertz CT molecular complexity index is 255. The van der Waals surface area contributed by atoms with Crippen LogP contribution in [0.1, 0.15) is 32.1 Å². The van der Waals surface area contributed by atoms with Crippen molar-refractivity contribution in [2.24, 2.45) is 5.92 Å². The molecule has 2 aliphatic heterocycles. The van der Waals surface area contributed by atoms with Crippen LogP contribution in [0.2, 0.25) is 0 Å². The molecule has 2 rings (SSSR count). The van der Waals surface area contributed by atoms with Gasteiger partial charge in [0, 0.05) is 13.0 Å². The summed E-state index contributed by atoms with van der Waals surface area (Å²) in [5, 5.41) is 0. The van der Waals surface area contributed by atoms with E-state index in [0.29, 0.717) is 12.5 Å². The van der Waals surface area contributed by atoms with E-state index in [-0.39, 0.29) is 12.6 Å². The molecule has 2 heterocycles. The molecule has 2 saturated heterocycles. The van der Waals surface area contributed by atoms with E-state index >= 15 is 0 Å². The van der Waals surface area contributed by atoms with E-state index in [9.17, 15) is 4.79 Å². The van der Waals surface area contributed by atoms with Crippen molar-refractivity contribution in [3.8, 4) is 0 Å². The fraction of sp³-hybridized carbons (Fsp3) is 0.923. The highest BCUT2D eigenvalue weighted by Gasteiger charge is 2.37. The third-order valence-corrected chi connectivity index (χ3v) is 4.15. The van der Waals surface area contributed by atoms with Gasteiger partial charge in [-0.2, -0.15) is 0 Å². The zero-order chi connectivity index (χ0) is 12.1. The monoisotopic (exact) mass is 242 g/mol. The third-order valence-electron chi connectivity index (χ3n) is 4.15. The first-order valence-corrected chi connectivity index (χ1v) is 6.80. The average Bonchev–Trinajstić information content (AvgIpc) is 2.36. The Morgan fingerprint density at radius 1 is 1.24 bits per heavy atom. The van der Waals surface area contributed by atoms with Gasteiger partial charge in [0.2, 0.25) is 0 Å². The summed E-state index contributed by atoms with van der Waals surface area (Å²) in [6.07, 6.45) is 6.51. The molecule has 0 saturated carbocycles. The van der Waals surface area contributed by atoms with Crippen LogP contribution in [-0.4, -0.2) is 45.4 Å². The number of rotatable bonds is 4. The molecule has 2 fully saturated rings. The maximum absolute atomic E-state index is 11.3. The van der Waals surface area contributed by atoms with Crippen molar-refractivity contribution in [3.63, 3.8) is 0 Å². The summed E-state index contributed by atoms with van der Waals surface area (Å²) in [5.74, 6) is 0.343. The predicted octanol–water partition coefficient (Wildman–Crippen LogP) is 0.0234. The van der Waals surface area contributed by atoms with E-state index in [1.54, 1.807) is 4.90 Å². The maximum Gasteiger partial charge on any atom is 0.332 e. The minimum atomic E-state index is -0.226. The Morgan fingerprint density at radius 3 is 2.88 bits per heavy atom. The van der Waals surface area contributed by atoms with Crippen LogP contribution in [0.5, 0.6) is 0 Å². The summed E-state index contributed by atoms with van der Waals surface area (Å²) >= 11 is 0. The summed E-state index contributed by atoms with van der Waals surface area (Å²) in [6, 6.07) is 0.729. The topological polar surface area (TPSA) is 40.0 Å². The van der Waals surface area contributed by atoms with Gasteiger partial charge in [-0.1, -0.05) is 0 Å². The average molecular weight is 242 g/mol. The van der Waals surface area contributed by atoms with Crippen LogP contribution in [0.25, 0.3) is 0 Å². The summed E-state index contributed by atoms with van der Waals surface area (Å²) < 4.78 is 10.1. The van der Waals surface area contributed by atoms with Crippen LogP contribution < -0.4 is 4.90 Å². The van der Waals surface area contributed by atoms with Crippen molar-refractivity contribution in [2.75, 3.05) is 33.4 Å². The number of piperidine rings is 2.